The average Bonchev–Trinajstić information content (AvgIpc) is 3.49. The first-order valence-electron chi connectivity index (χ1n) is 12.3. The smallest absolute Gasteiger partial charge is 0.437 e. The maximum absolute atomic E-state index is 14.1. The number of nitrogens with one attached hydrogen (secondary N) is 1. The number of carbonyl (C=O) groups is 3. The lowest BCUT2D eigenvalue weighted by Gasteiger charge is -2.44. The zero-order chi connectivity index (χ0) is 27.4. The van der Waals surface area contributed by atoms with Gasteiger partial charge in [-0.1, -0.05) is 54.6 Å². The van der Waals surface area contributed by atoms with E-state index in [-0.39, 0.29) is 11.3 Å². The lowest BCUT2D eigenvalue weighted by atomic mass is 9.94. The van der Waals surface area contributed by atoms with Gasteiger partial charge in [0.05, 0.1) is 30.6 Å². The number of fused-ring (bicyclic) bond motifs is 1. The van der Waals surface area contributed by atoms with Crippen LogP contribution >= 0.6 is 11.3 Å². The van der Waals surface area contributed by atoms with Crippen molar-refractivity contribution in [2.45, 2.75) is 19.5 Å². The van der Waals surface area contributed by atoms with Crippen LogP contribution in [0.2, 0.25) is 0 Å². The summed E-state index contributed by atoms with van der Waals surface area (Å²) in [5.74, 6) is -1.42. The van der Waals surface area contributed by atoms with Crippen LogP contribution in [0.15, 0.2) is 95.1 Å². The SMILES string of the molecule is CCN1C(=O)C(Nc2cncc3ccccc23)=C(C(=O)OC(=O)OC)C(c2ccsc2)N1Cc1ccccc1. The Labute approximate surface area is 229 Å². The summed E-state index contributed by atoms with van der Waals surface area (Å²) in [6, 6.07) is 18.4. The molecule has 0 aliphatic carbocycles. The lowest BCUT2D eigenvalue weighted by Crippen LogP contribution is -2.54. The molecule has 0 fully saturated rings. The van der Waals surface area contributed by atoms with Crippen molar-refractivity contribution in [2.24, 2.45) is 0 Å². The number of rotatable bonds is 7. The number of nitrogens with zero attached hydrogens (tertiary/aromatic N) is 3. The molecule has 1 N–H and O–H groups in total. The maximum atomic E-state index is 14.1. The van der Waals surface area contributed by atoms with Crippen molar-refractivity contribution in [1.82, 2.24) is 15.0 Å². The van der Waals surface area contributed by atoms with Crippen LogP contribution in [-0.2, 0) is 25.6 Å². The Morgan fingerprint density at radius 2 is 1.82 bits per heavy atom. The van der Waals surface area contributed by atoms with Crippen LogP contribution in [0, 0.1) is 0 Å². The van der Waals surface area contributed by atoms with Crippen LogP contribution < -0.4 is 5.32 Å². The molecule has 9 nitrogen and oxygen atoms in total. The van der Waals surface area contributed by atoms with Gasteiger partial charge < -0.3 is 14.8 Å². The van der Waals surface area contributed by atoms with E-state index in [1.54, 1.807) is 17.4 Å². The first kappa shape index (κ1) is 26.1. The highest BCUT2D eigenvalue weighted by Crippen LogP contribution is 2.40. The van der Waals surface area contributed by atoms with E-state index in [1.165, 1.54) is 11.3 Å². The summed E-state index contributed by atoms with van der Waals surface area (Å²) in [4.78, 5) is 44.1. The number of benzene rings is 2. The van der Waals surface area contributed by atoms with Crippen molar-refractivity contribution < 1.29 is 23.9 Å². The minimum Gasteiger partial charge on any atom is -0.437 e. The van der Waals surface area contributed by atoms with E-state index >= 15 is 0 Å². The van der Waals surface area contributed by atoms with Gasteiger partial charge in [0.1, 0.15) is 5.70 Å². The lowest BCUT2D eigenvalue weighted by molar-refractivity contribution is -0.156. The van der Waals surface area contributed by atoms with Crippen molar-refractivity contribution in [3.8, 4) is 0 Å². The summed E-state index contributed by atoms with van der Waals surface area (Å²) in [6.07, 6.45) is 2.15. The number of hydrogen-bond acceptors (Lipinski definition) is 9. The summed E-state index contributed by atoms with van der Waals surface area (Å²) >= 11 is 1.46. The Hall–Kier alpha value is -4.54. The third-order valence-corrected chi connectivity index (χ3v) is 7.14. The molecule has 2 aromatic heterocycles. The second-order valence-corrected chi connectivity index (χ2v) is 9.51. The molecular formula is C29H26N4O5S. The van der Waals surface area contributed by atoms with Crippen LogP contribution in [-0.4, -0.2) is 46.7 Å². The fraction of sp³-hybridized carbons (Fsp3) is 0.172. The van der Waals surface area contributed by atoms with Crippen molar-refractivity contribution >= 4 is 45.8 Å². The fourth-order valence-corrected chi connectivity index (χ4v) is 5.36. The number of likely N-dealkylation sites (N-methyl/N-ethyl adjacent to an activating group) is 1. The maximum Gasteiger partial charge on any atom is 0.516 e. The van der Waals surface area contributed by atoms with E-state index < -0.39 is 24.1 Å². The zero-order valence-electron chi connectivity index (χ0n) is 21.4. The summed E-state index contributed by atoms with van der Waals surface area (Å²) in [5, 5.41) is 12.1. The molecule has 1 atom stereocenters. The quantitative estimate of drug-likeness (QED) is 0.248. The number of thiophene rings is 1. The first-order valence-corrected chi connectivity index (χ1v) is 13.2. The largest absolute Gasteiger partial charge is 0.516 e. The molecule has 0 saturated heterocycles. The predicted molar refractivity (Wildman–Crippen MR) is 147 cm³/mol. The van der Waals surface area contributed by atoms with Crippen molar-refractivity contribution in [2.75, 3.05) is 19.0 Å². The van der Waals surface area contributed by atoms with Crippen molar-refractivity contribution in [3.05, 3.63) is 106 Å². The molecule has 1 aliphatic rings. The van der Waals surface area contributed by atoms with Crippen LogP contribution in [0.3, 0.4) is 0 Å². The molecule has 0 spiro atoms. The number of hydrogen-bond donors (Lipinski definition) is 1. The minimum absolute atomic E-state index is 0.00244. The summed E-state index contributed by atoms with van der Waals surface area (Å²) in [7, 11) is 1.12. The number of aromatic nitrogens is 1. The molecule has 5 rings (SSSR count). The first-order chi connectivity index (χ1) is 19.0. The Morgan fingerprint density at radius 1 is 1.05 bits per heavy atom. The van der Waals surface area contributed by atoms with Gasteiger partial charge in [0.2, 0.25) is 0 Å². The zero-order valence-corrected chi connectivity index (χ0v) is 22.2. The topological polar surface area (TPSA) is 101 Å². The van der Waals surface area contributed by atoms with Gasteiger partial charge in [-0.05, 0) is 34.9 Å². The summed E-state index contributed by atoms with van der Waals surface area (Å²) < 4.78 is 9.63. The van der Waals surface area contributed by atoms with Gasteiger partial charge in [-0.25, -0.2) is 14.6 Å². The molecule has 3 heterocycles. The predicted octanol–water partition coefficient (Wildman–Crippen LogP) is 5.29. The Kier molecular flexibility index (Phi) is 7.67. The van der Waals surface area contributed by atoms with E-state index in [1.807, 2.05) is 83.4 Å². The van der Waals surface area contributed by atoms with Crippen LogP contribution in [0.4, 0.5) is 10.5 Å². The number of methoxy groups -OCH3 is 1. The van der Waals surface area contributed by atoms with Crippen molar-refractivity contribution in [1.29, 1.82) is 0 Å². The van der Waals surface area contributed by atoms with E-state index in [2.05, 4.69) is 15.0 Å². The van der Waals surface area contributed by atoms with Crippen LogP contribution in [0.1, 0.15) is 24.1 Å². The van der Waals surface area contributed by atoms with Gasteiger partial charge in [-0.2, -0.15) is 11.3 Å². The molecular weight excluding hydrogens is 516 g/mol. The minimum atomic E-state index is -1.16. The molecule has 198 valence electrons. The highest BCUT2D eigenvalue weighted by atomic mass is 32.1. The molecule has 0 bridgehead atoms. The fourth-order valence-electron chi connectivity index (χ4n) is 4.69. The van der Waals surface area contributed by atoms with Gasteiger partial charge in [0, 0.05) is 30.1 Å². The molecule has 1 aliphatic heterocycles. The average molecular weight is 543 g/mol. The second-order valence-electron chi connectivity index (χ2n) is 8.73. The van der Waals surface area contributed by atoms with E-state index in [4.69, 9.17) is 4.74 Å². The number of carbonyl (C=O) groups excluding carboxylic acids is 3. The standard InChI is InChI=1S/C29H26N4O5S/c1-3-32-27(34)25(31-23-16-30-15-20-11-7-8-12-22(20)23)24(28(35)38-29(36)37-2)26(21-13-14-39-18-21)33(32)17-19-9-5-4-6-10-19/h4-16,18,26,31H,3,17H2,1-2H3. The molecule has 39 heavy (non-hydrogen) atoms. The number of esters is 1. The Balaban J connectivity index is 1.71. The third-order valence-electron chi connectivity index (χ3n) is 6.44. The van der Waals surface area contributed by atoms with E-state index in [9.17, 15) is 14.4 Å². The molecule has 1 unspecified atom stereocenters. The number of pyridine rings is 1. The van der Waals surface area contributed by atoms with Crippen LogP contribution in [0.5, 0.6) is 0 Å². The number of anilines is 1. The van der Waals surface area contributed by atoms with Gasteiger partial charge in [-0.15, -0.1) is 0 Å². The number of hydrazine groups is 1. The van der Waals surface area contributed by atoms with Gasteiger partial charge >= 0.3 is 12.1 Å². The molecule has 4 aromatic rings. The van der Waals surface area contributed by atoms with Crippen LogP contribution in [0.25, 0.3) is 10.8 Å². The molecule has 0 saturated carbocycles. The summed E-state index contributed by atoms with van der Waals surface area (Å²) in [6.45, 7) is 2.54. The normalized spacial score (nSPS) is 15.9. The Morgan fingerprint density at radius 3 is 2.54 bits per heavy atom. The molecule has 1 amide bonds. The molecule has 10 heteroatoms. The highest BCUT2D eigenvalue weighted by Gasteiger charge is 2.44. The second kappa shape index (κ2) is 11.5. The third kappa shape index (κ3) is 5.25. The summed E-state index contributed by atoms with van der Waals surface area (Å²) in [5.41, 5.74) is 2.26. The number of ether oxygens (including phenoxy) is 2. The molecule has 0 radical (unpaired) electrons. The Bertz CT molecular complexity index is 1530. The van der Waals surface area contributed by atoms with Gasteiger partial charge in [0.15, 0.2) is 0 Å². The van der Waals surface area contributed by atoms with E-state index in [0.717, 1.165) is 29.0 Å². The highest BCUT2D eigenvalue weighted by molar-refractivity contribution is 7.08. The van der Waals surface area contributed by atoms with Gasteiger partial charge in [-0.3, -0.25) is 14.8 Å². The number of amides is 1. The molecule has 2 aromatic carbocycles. The van der Waals surface area contributed by atoms with Crippen molar-refractivity contribution in [3.63, 3.8) is 0 Å². The van der Waals surface area contributed by atoms with Gasteiger partial charge in [0.25, 0.3) is 5.91 Å². The monoisotopic (exact) mass is 542 g/mol. The van der Waals surface area contributed by atoms with E-state index in [0.29, 0.717) is 18.8 Å².